The van der Waals surface area contributed by atoms with Gasteiger partial charge in [0.05, 0.1) is 6.04 Å². The zero-order valence-electron chi connectivity index (χ0n) is 11.8. The van der Waals surface area contributed by atoms with Crippen LogP contribution in [0.25, 0.3) is 0 Å². The van der Waals surface area contributed by atoms with Crippen molar-refractivity contribution in [3.05, 3.63) is 35.4 Å². The van der Waals surface area contributed by atoms with Crippen LogP contribution in [0.2, 0.25) is 0 Å². The molecule has 1 aromatic carbocycles. The third-order valence-corrected chi connectivity index (χ3v) is 3.77. The Morgan fingerprint density at radius 3 is 2.45 bits per heavy atom. The second-order valence-electron chi connectivity index (χ2n) is 5.53. The molecular formula is C15H20F2N2O. The average Bonchev–Trinajstić information content (AvgIpc) is 2.49. The smallest absolute Gasteiger partial charge is 0.223 e. The molecule has 1 aromatic rings. The first-order chi connectivity index (χ1) is 9.43. The van der Waals surface area contributed by atoms with Crippen LogP contribution in [0.4, 0.5) is 8.78 Å². The molecule has 20 heavy (non-hydrogen) atoms. The Morgan fingerprint density at radius 2 is 1.90 bits per heavy atom. The molecule has 1 heterocycles. The third-order valence-electron chi connectivity index (χ3n) is 3.77. The summed E-state index contributed by atoms with van der Waals surface area (Å²) < 4.78 is 28.1. The second kappa shape index (κ2) is 5.87. The van der Waals surface area contributed by atoms with Crippen LogP contribution in [0.15, 0.2) is 18.2 Å². The molecule has 1 aliphatic rings. The van der Waals surface area contributed by atoms with Gasteiger partial charge in [-0.1, -0.05) is 6.07 Å². The van der Waals surface area contributed by atoms with E-state index < -0.39 is 23.7 Å². The van der Waals surface area contributed by atoms with Gasteiger partial charge in [-0.3, -0.25) is 4.79 Å². The zero-order valence-corrected chi connectivity index (χ0v) is 11.8. The van der Waals surface area contributed by atoms with Crippen LogP contribution in [0.1, 0.15) is 44.7 Å². The highest BCUT2D eigenvalue weighted by Gasteiger charge is 2.37. The number of hydrogen-bond acceptors (Lipinski definition) is 2. The SMILES string of the molecule is CC(C)N1C(=O)CCCC(N)C1c1c(F)cccc1F. The number of halogens is 2. The highest BCUT2D eigenvalue weighted by atomic mass is 19.1. The molecule has 1 saturated heterocycles. The summed E-state index contributed by atoms with van der Waals surface area (Å²) in [5, 5.41) is 0. The van der Waals surface area contributed by atoms with Crippen molar-refractivity contribution in [2.75, 3.05) is 0 Å². The lowest BCUT2D eigenvalue weighted by molar-refractivity contribution is -0.135. The van der Waals surface area contributed by atoms with Gasteiger partial charge in [0.15, 0.2) is 0 Å². The number of rotatable bonds is 2. The minimum absolute atomic E-state index is 0.0936. The molecule has 1 amide bonds. The van der Waals surface area contributed by atoms with Crippen molar-refractivity contribution < 1.29 is 13.6 Å². The summed E-state index contributed by atoms with van der Waals surface area (Å²) >= 11 is 0. The normalized spacial score (nSPS) is 24.1. The Morgan fingerprint density at radius 1 is 1.30 bits per heavy atom. The van der Waals surface area contributed by atoms with Crippen molar-refractivity contribution in [1.29, 1.82) is 0 Å². The quantitative estimate of drug-likeness (QED) is 0.906. The van der Waals surface area contributed by atoms with Gasteiger partial charge < -0.3 is 10.6 Å². The van der Waals surface area contributed by atoms with E-state index in [1.54, 1.807) is 0 Å². The molecule has 0 bridgehead atoms. The first kappa shape index (κ1) is 14.9. The van der Waals surface area contributed by atoms with Gasteiger partial charge in [-0.2, -0.15) is 0 Å². The van der Waals surface area contributed by atoms with E-state index in [-0.39, 0.29) is 17.5 Å². The maximum atomic E-state index is 14.1. The van der Waals surface area contributed by atoms with E-state index in [0.717, 1.165) is 0 Å². The van der Waals surface area contributed by atoms with Gasteiger partial charge in [-0.05, 0) is 38.8 Å². The minimum Gasteiger partial charge on any atom is -0.331 e. The van der Waals surface area contributed by atoms with E-state index >= 15 is 0 Å². The van der Waals surface area contributed by atoms with Gasteiger partial charge in [0.2, 0.25) is 5.91 Å². The molecule has 2 atom stereocenters. The van der Waals surface area contributed by atoms with Crippen LogP contribution in [-0.4, -0.2) is 22.9 Å². The summed E-state index contributed by atoms with van der Waals surface area (Å²) in [5.41, 5.74) is 6.02. The number of nitrogens with two attached hydrogens (primary N) is 1. The van der Waals surface area contributed by atoms with Crippen LogP contribution in [0.3, 0.4) is 0 Å². The third kappa shape index (κ3) is 2.68. The van der Waals surface area contributed by atoms with E-state index in [4.69, 9.17) is 5.73 Å². The van der Waals surface area contributed by atoms with Crippen molar-refractivity contribution >= 4 is 5.91 Å². The van der Waals surface area contributed by atoms with E-state index in [9.17, 15) is 13.6 Å². The zero-order chi connectivity index (χ0) is 14.9. The van der Waals surface area contributed by atoms with Crippen molar-refractivity contribution in [2.45, 2.75) is 51.2 Å². The molecule has 1 fully saturated rings. The average molecular weight is 282 g/mol. The number of amides is 1. The highest BCUT2D eigenvalue weighted by Crippen LogP contribution is 2.34. The Bertz CT molecular complexity index is 484. The predicted molar refractivity (Wildman–Crippen MR) is 72.9 cm³/mol. The fourth-order valence-corrected chi connectivity index (χ4v) is 2.89. The number of hydrogen-bond donors (Lipinski definition) is 1. The van der Waals surface area contributed by atoms with Crippen LogP contribution in [-0.2, 0) is 4.79 Å². The molecule has 5 heteroatoms. The first-order valence-electron chi connectivity index (χ1n) is 6.94. The maximum Gasteiger partial charge on any atom is 0.223 e. The summed E-state index contributed by atoms with van der Waals surface area (Å²) in [7, 11) is 0. The molecule has 0 aliphatic carbocycles. The van der Waals surface area contributed by atoms with Gasteiger partial charge in [0.1, 0.15) is 11.6 Å². The molecule has 2 rings (SSSR count). The van der Waals surface area contributed by atoms with Crippen molar-refractivity contribution in [3.8, 4) is 0 Å². The monoisotopic (exact) mass is 282 g/mol. The molecular weight excluding hydrogens is 262 g/mol. The van der Waals surface area contributed by atoms with E-state index in [0.29, 0.717) is 19.3 Å². The highest BCUT2D eigenvalue weighted by molar-refractivity contribution is 5.77. The summed E-state index contributed by atoms with van der Waals surface area (Å²) in [4.78, 5) is 13.8. The lowest BCUT2D eigenvalue weighted by Crippen LogP contribution is -2.46. The van der Waals surface area contributed by atoms with Crippen LogP contribution in [0, 0.1) is 11.6 Å². The van der Waals surface area contributed by atoms with Crippen molar-refractivity contribution in [2.24, 2.45) is 5.73 Å². The van der Waals surface area contributed by atoms with E-state index in [1.807, 2.05) is 13.8 Å². The molecule has 110 valence electrons. The standard InChI is InChI=1S/C15H20F2N2O/c1-9(2)19-13(20)8-4-7-12(18)15(19)14-10(16)5-3-6-11(14)17/h3,5-6,9,12,15H,4,7-8,18H2,1-2H3. The summed E-state index contributed by atoms with van der Waals surface area (Å²) in [5.74, 6) is -1.39. The summed E-state index contributed by atoms with van der Waals surface area (Å²) in [6.07, 6.45) is 1.60. The van der Waals surface area contributed by atoms with Gasteiger partial charge in [0.25, 0.3) is 0 Å². The molecule has 2 N–H and O–H groups in total. The second-order valence-corrected chi connectivity index (χ2v) is 5.53. The van der Waals surface area contributed by atoms with Crippen LogP contribution < -0.4 is 5.73 Å². The molecule has 0 radical (unpaired) electrons. The van der Waals surface area contributed by atoms with Crippen molar-refractivity contribution in [1.82, 2.24) is 4.90 Å². The number of carbonyl (C=O) groups is 1. The number of benzene rings is 1. The number of carbonyl (C=O) groups excluding carboxylic acids is 1. The Kier molecular flexibility index (Phi) is 4.38. The van der Waals surface area contributed by atoms with E-state index in [1.165, 1.54) is 23.1 Å². The summed E-state index contributed by atoms with van der Waals surface area (Å²) in [6.45, 7) is 3.67. The van der Waals surface area contributed by atoms with Gasteiger partial charge in [0, 0.05) is 24.1 Å². The molecule has 3 nitrogen and oxygen atoms in total. The summed E-state index contributed by atoms with van der Waals surface area (Å²) in [6, 6.07) is 2.37. The molecule has 0 aromatic heterocycles. The predicted octanol–water partition coefficient (Wildman–Crippen LogP) is 2.75. The number of nitrogens with zero attached hydrogens (tertiary/aromatic N) is 1. The van der Waals surface area contributed by atoms with Gasteiger partial charge in [-0.25, -0.2) is 8.78 Å². The largest absolute Gasteiger partial charge is 0.331 e. The Labute approximate surface area is 117 Å². The lowest BCUT2D eigenvalue weighted by atomic mass is 9.94. The fraction of sp³-hybridized carbons (Fsp3) is 0.533. The maximum absolute atomic E-state index is 14.1. The molecule has 0 saturated carbocycles. The fourth-order valence-electron chi connectivity index (χ4n) is 2.89. The van der Waals surface area contributed by atoms with Crippen LogP contribution >= 0.6 is 0 Å². The topological polar surface area (TPSA) is 46.3 Å². The van der Waals surface area contributed by atoms with E-state index in [2.05, 4.69) is 0 Å². The first-order valence-corrected chi connectivity index (χ1v) is 6.94. The lowest BCUT2D eigenvalue weighted by Gasteiger charge is -2.37. The number of likely N-dealkylation sites (tertiary alicyclic amines) is 1. The molecule has 0 spiro atoms. The van der Waals surface area contributed by atoms with Crippen LogP contribution in [0.5, 0.6) is 0 Å². The molecule has 1 aliphatic heterocycles. The minimum atomic E-state index is -0.744. The Balaban J connectivity index is 2.55. The Hall–Kier alpha value is -1.49. The van der Waals surface area contributed by atoms with Gasteiger partial charge in [-0.15, -0.1) is 0 Å². The van der Waals surface area contributed by atoms with Crippen molar-refractivity contribution in [3.63, 3.8) is 0 Å². The van der Waals surface area contributed by atoms with Gasteiger partial charge >= 0.3 is 0 Å². The molecule has 2 unspecified atom stereocenters.